The highest BCUT2D eigenvalue weighted by atomic mass is 16.5. The van der Waals surface area contributed by atoms with Crippen molar-refractivity contribution in [1.29, 1.82) is 0 Å². The molecule has 5 heteroatoms. The second-order valence-electron chi connectivity index (χ2n) is 4.23. The van der Waals surface area contributed by atoms with Crippen LogP contribution in [0.3, 0.4) is 0 Å². The van der Waals surface area contributed by atoms with Crippen LogP contribution in [0, 0.1) is 0 Å². The summed E-state index contributed by atoms with van der Waals surface area (Å²) in [5, 5.41) is 0. The summed E-state index contributed by atoms with van der Waals surface area (Å²) in [6.45, 7) is 9.13. The van der Waals surface area contributed by atoms with Crippen molar-refractivity contribution in [2.24, 2.45) is 0 Å². The number of anilines is 1. The summed E-state index contributed by atoms with van der Waals surface area (Å²) in [5.41, 5.74) is 5.71. The van der Waals surface area contributed by atoms with Gasteiger partial charge in [-0.2, -0.15) is 4.98 Å². The molecular formula is C12H21N3O2. The van der Waals surface area contributed by atoms with E-state index in [1.165, 1.54) is 0 Å². The summed E-state index contributed by atoms with van der Waals surface area (Å²) in [7, 11) is 0. The molecule has 0 spiro atoms. The first-order valence-corrected chi connectivity index (χ1v) is 5.91. The Balaban J connectivity index is 2.70. The molecule has 1 heterocycles. The molecule has 1 rings (SSSR count). The van der Waals surface area contributed by atoms with Gasteiger partial charge in [0.05, 0.1) is 6.61 Å². The molecule has 1 aromatic rings. The number of aromatic nitrogens is 2. The summed E-state index contributed by atoms with van der Waals surface area (Å²) in [6.07, 6.45) is -0.0516. The zero-order valence-corrected chi connectivity index (χ0v) is 10.9. The van der Waals surface area contributed by atoms with Crippen LogP contribution >= 0.6 is 0 Å². The van der Waals surface area contributed by atoms with Crippen molar-refractivity contribution >= 4 is 5.82 Å². The minimum atomic E-state index is -0.0516. The van der Waals surface area contributed by atoms with Crippen LogP contribution in [0.2, 0.25) is 0 Å². The number of hydrogen-bond acceptors (Lipinski definition) is 5. The van der Waals surface area contributed by atoms with Crippen LogP contribution < -0.4 is 10.5 Å². The molecule has 1 atom stereocenters. The van der Waals surface area contributed by atoms with Gasteiger partial charge in [0, 0.05) is 18.6 Å². The van der Waals surface area contributed by atoms with Crippen molar-refractivity contribution in [2.75, 3.05) is 18.9 Å². The topological polar surface area (TPSA) is 70.3 Å². The summed E-state index contributed by atoms with van der Waals surface area (Å²) in [5.74, 6) is 1.86. The minimum absolute atomic E-state index is 0.0516. The second kappa shape index (κ2) is 6.39. The number of nitrogens with zero attached hydrogens (tertiary/aromatic N) is 2. The Bertz CT molecular complexity index is 356. The predicted octanol–water partition coefficient (Wildman–Crippen LogP) is 1.99. The van der Waals surface area contributed by atoms with E-state index in [-0.39, 0.29) is 12.0 Å². The Hall–Kier alpha value is -1.36. The van der Waals surface area contributed by atoms with E-state index in [0.717, 1.165) is 0 Å². The normalized spacial score (nSPS) is 12.8. The molecule has 0 saturated heterocycles. The zero-order valence-electron chi connectivity index (χ0n) is 10.9. The summed E-state index contributed by atoms with van der Waals surface area (Å²) in [4.78, 5) is 8.47. The van der Waals surface area contributed by atoms with Crippen molar-refractivity contribution < 1.29 is 9.47 Å². The van der Waals surface area contributed by atoms with Gasteiger partial charge in [-0.15, -0.1) is 0 Å². The SMILES string of the molecule is CCOCC(C)Oc1cc(N)nc(C(C)C)n1. The standard InChI is InChI=1S/C12H21N3O2/c1-5-16-7-9(4)17-11-6-10(13)14-12(15-11)8(2)3/h6,8-9H,5,7H2,1-4H3,(H2,13,14,15). The zero-order chi connectivity index (χ0) is 12.8. The van der Waals surface area contributed by atoms with Gasteiger partial charge in [-0.25, -0.2) is 4.98 Å². The lowest BCUT2D eigenvalue weighted by atomic mass is 10.2. The van der Waals surface area contributed by atoms with Crippen LogP contribution in [0.5, 0.6) is 5.88 Å². The summed E-state index contributed by atoms with van der Waals surface area (Å²) >= 11 is 0. The van der Waals surface area contributed by atoms with Crippen LogP contribution in [-0.2, 0) is 4.74 Å². The molecule has 0 aliphatic carbocycles. The Morgan fingerprint density at radius 2 is 2.00 bits per heavy atom. The third-order valence-corrected chi connectivity index (χ3v) is 2.13. The van der Waals surface area contributed by atoms with Gasteiger partial charge >= 0.3 is 0 Å². The molecule has 17 heavy (non-hydrogen) atoms. The molecular weight excluding hydrogens is 218 g/mol. The first kappa shape index (κ1) is 13.7. The van der Waals surface area contributed by atoms with E-state index < -0.39 is 0 Å². The van der Waals surface area contributed by atoms with E-state index in [1.54, 1.807) is 6.07 Å². The number of nitrogen functional groups attached to an aromatic ring is 1. The lowest BCUT2D eigenvalue weighted by Gasteiger charge is -2.15. The van der Waals surface area contributed by atoms with E-state index in [0.29, 0.717) is 30.7 Å². The third-order valence-electron chi connectivity index (χ3n) is 2.13. The van der Waals surface area contributed by atoms with E-state index in [1.807, 2.05) is 27.7 Å². The average Bonchev–Trinajstić information content (AvgIpc) is 2.25. The number of ether oxygens (including phenoxy) is 2. The van der Waals surface area contributed by atoms with Gasteiger partial charge in [-0.1, -0.05) is 13.8 Å². The molecule has 1 aromatic heterocycles. The average molecular weight is 239 g/mol. The lowest BCUT2D eigenvalue weighted by molar-refractivity contribution is 0.0632. The first-order valence-electron chi connectivity index (χ1n) is 5.91. The molecule has 0 aliphatic heterocycles. The number of rotatable bonds is 6. The maximum atomic E-state index is 5.71. The van der Waals surface area contributed by atoms with E-state index >= 15 is 0 Å². The second-order valence-corrected chi connectivity index (χ2v) is 4.23. The molecule has 5 nitrogen and oxygen atoms in total. The van der Waals surface area contributed by atoms with Gasteiger partial charge in [0.15, 0.2) is 0 Å². The van der Waals surface area contributed by atoms with Gasteiger partial charge in [0.25, 0.3) is 0 Å². The molecule has 0 bridgehead atoms. The molecule has 0 fully saturated rings. The van der Waals surface area contributed by atoms with Crippen molar-refractivity contribution in [3.63, 3.8) is 0 Å². The third kappa shape index (κ3) is 4.56. The highest BCUT2D eigenvalue weighted by Gasteiger charge is 2.10. The van der Waals surface area contributed by atoms with Crippen LogP contribution in [0.1, 0.15) is 39.4 Å². The molecule has 0 radical (unpaired) electrons. The molecule has 96 valence electrons. The molecule has 0 saturated carbocycles. The van der Waals surface area contributed by atoms with Crippen molar-refractivity contribution in [3.05, 3.63) is 11.9 Å². The fraction of sp³-hybridized carbons (Fsp3) is 0.667. The molecule has 2 N–H and O–H groups in total. The van der Waals surface area contributed by atoms with Gasteiger partial charge in [-0.3, -0.25) is 0 Å². The lowest BCUT2D eigenvalue weighted by Crippen LogP contribution is -2.20. The number of hydrogen-bond donors (Lipinski definition) is 1. The van der Waals surface area contributed by atoms with Crippen molar-refractivity contribution in [2.45, 2.75) is 39.7 Å². The van der Waals surface area contributed by atoms with E-state index in [2.05, 4.69) is 9.97 Å². The fourth-order valence-electron chi connectivity index (χ4n) is 1.30. The van der Waals surface area contributed by atoms with Gasteiger partial charge in [0.2, 0.25) is 5.88 Å². The smallest absolute Gasteiger partial charge is 0.219 e. The Morgan fingerprint density at radius 1 is 1.29 bits per heavy atom. The highest BCUT2D eigenvalue weighted by Crippen LogP contribution is 2.17. The van der Waals surface area contributed by atoms with Crippen LogP contribution in [-0.4, -0.2) is 29.3 Å². The maximum Gasteiger partial charge on any atom is 0.219 e. The van der Waals surface area contributed by atoms with Gasteiger partial charge < -0.3 is 15.2 Å². The summed E-state index contributed by atoms with van der Waals surface area (Å²) in [6, 6.07) is 1.63. The Labute approximate surface area is 102 Å². The first-order chi connectivity index (χ1) is 8.02. The van der Waals surface area contributed by atoms with E-state index in [9.17, 15) is 0 Å². The van der Waals surface area contributed by atoms with Crippen LogP contribution in [0.25, 0.3) is 0 Å². The Morgan fingerprint density at radius 3 is 2.59 bits per heavy atom. The van der Waals surface area contributed by atoms with E-state index in [4.69, 9.17) is 15.2 Å². The fourth-order valence-corrected chi connectivity index (χ4v) is 1.30. The van der Waals surface area contributed by atoms with Gasteiger partial charge in [-0.05, 0) is 13.8 Å². The van der Waals surface area contributed by atoms with Crippen molar-refractivity contribution in [3.8, 4) is 5.88 Å². The van der Waals surface area contributed by atoms with Gasteiger partial charge in [0.1, 0.15) is 17.7 Å². The monoisotopic (exact) mass is 239 g/mol. The highest BCUT2D eigenvalue weighted by molar-refractivity contribution is 5.33. The summed E-state index contributed by atoms with van der Waals surface area (Å²) < 4.78 is 10.9. The number of nitrogens with two attached hydrogens (primary N) is 1. The molecule has 0 amide bonds. The molecule has 0 aromatic carbocycles. The van der Waals surface area contributed by atoms with Crippen molar-refractivity contribution in [1.82, 2.24) is 9.97 Å². The predicted molar refractivity (Wildman–Crippen MR) is 67.1 cm³/mol. The van der Waals surface area contributed by atoms with Crippen LogP contribution in [0.4, 0.5) is 5.82 Å². The maximum absolute atomic E-state index is 5.71. The Kier molecular flexibility index (Phi) is 5.15. The quantitative estimate of drug-likeness (QED) is 0.822. The largest absolute Gasteiger partial charge is 0.472 e. The minimum Gasteiger partial charge on any atom is -0.472 e. The molecule has 0 aliphatic rings. The molecule has 1 unspecified atom stereocenters. The van der Waals surface area contributed by atoms with Crippen LogP contribution in [0.15, 0.2) is 6.07 Å².